The highest BCUT2D eigenvalue weighted by atomic mass is 16.1. The van der Waals surface area contributed by atoms with Gasteiger partial charge in [-0.1, -0.05) is 6.07 Å². The number of hydrogen-bond acceptors (Lipinski definition) is 3. The number of carbonyl (C=O) groups is 1. The molecule has 3 aromatic rings. The van der Waals surface area contributed by atoms with Crippen LogP contribution in [0.1, 0.15) is 12.5 Å². The average Bonchev–Trinajstić information content (AvgIpc) is 2.76. The van der Waals surface area contributed by atoms with E-state index in [0.717, 1.165) is 28.0 Å². The first-order valence-electron chi connectivity index (χ1n) is 6.50. The normalized spacial score (nSPS) is 10.9. The molecule has 0 aliphatic rings. The van der Waals surface area contributed by atoms with Crippen molar-refractivity contribution in [2.45, 2.75) is 13.3 Å². The monoisotopic (exact) mass is 265 g/mol. The maximum absolute atomic E-state index is 11.2. The third-order valence-electron chi connectivity index (χ3n) is 3.34. The molecule has 1 aromatic carbocycles. The molecule has 0 fully saturated rings. The predicted molar refractivity (Wildman–Crippen MR) is 78.3 cm³/mol. The molecule has 2 aromatic heterocycles. The Morgan fingerprint density at radius 1 is 1.20 bits per heavy atom. The number of ketones is 1. The van der Waals surface area contributed by atoms with Crippen LogP contribution in [0.15, 0.2) is 42.7 Å². The van der Waals surface area contributed by atoms with Crippen molar-refractivity contribution < 1.29 is 4.79 Å². The topological polar surface area (TPSA) is 47.8 Å². The van der Waals surface area contributed by atoms with Crippen LogP contribution in [0.4, 0.5) is 0 Å². The van der Waals surface area contributed by atoms with Crippen LogP contribution in [0.25, 0.3) is 22.4 Å². The number of pyridine rings is 1. The summed E-state index contributed by atoms with van der Waals surface area (Å²) in [7, 11) is 1.99. The van der Waals surface area contributed by atoms with Crippen molar-refractivity contribution in [1.82, 2.24) is 14.5 Å². The smallest absolute Gasteiger partial charge is 0.140 e. The lowest BCUT2D eigenvalue weighted by Gasteiger charge is -2.02. The largest absolute Gasteiger partial charge is 0.327 e. The minimum Gasteiger partial charge on any atom is -0.327 e. The van der Waals surface area contributed by atoms with Crippen LogP contribution in [-0.4, -0.2) is 20.3 Å². The van der Waals surface area contributed by atoms with Gasteiger partial charge < -0.3 is 4.57 Å². The molecule has 4 heteroatoms. The molecule has 0 saturated heterocycles. The van der Waals surface area contributed by atoms with Crippen molar-refractivity contribution in [3.63, 3.8) is 0 Å². The third kappa shape index (κ3) is 2.20. The molecule has 0 aliphatic carbocycles. The van der Waals surface area contributed by atoms with Crippen LogP contribution >= 0.6 is 0 Å². The Bertz CT molecular complexity index is 775. The minimum atomic E-state index is 0.167. The number of rotatable bonds is 3. The van der Waals surface area contributed by atoms with E-state index >= 15 is 0 Å². The molecule has 0 bridgehead atoms. The Labute approximate surface area is 117 Å². The van der Waals surface area contributed by atoms with Gasteiger partial charge in [0.05, 0.1) is 11.0 Å². The molecule has 3 rings (SSSR count). The van der Waals surface area contributed by atoms with Crippen LogP contribution in [0, 0.1) is 0 Å². The first-order chi connectivity index (χ1) is 9.65. The molecule has 0 spiro atoms. The van der Waals surface area contributed by atoms with Crippen molar-refractivity contribution >= 4 is 16.8 Å². The van der Waals surface area contributed by atoms with Crippen LogP contribution in [0.2, 0.25) is 0 Å². The molecule has 0 aliphatic heterocycles. The summed E-state index contributed by atoms with van der Waals surface area (Å²) in [4.78, 5) is 19.9. The number of hydrogen-bond donors (Lipinski definition) is 0. The first-order valence-corrected chi connectivity index (χ1v) is 6.50. The molecule has 2 heterocycles. The van der Waals surface area contributed by atoms with Crippen molar-refractivity contribution in [2.75, 3.05) is 0 Å². The van der Waals surface area contributed by atoms with Crippen LogP contribution < -0.4 is 0 Å². The van der Waals surface area contributed by atoms with Gasteiger partial charge in [-0.05, 0) is 36.8 Å². The first kappa shape index (κ1) is 12.5. The summed E-state index contributed by atoms with van der Waals surface area (Å²) in [6.07, 6.45) is 3.98. The van der Waals surface area contributed by atoms with E-state index in [1.165, 1.54) is 0 Å². The average molecular weight is 265 g/mol. The molecule has 4 nitrogen and oxygen atoms in total. The fourth-order valence-electron chi connectivity index (χ4n) is 2.39. The Hall–Kier alpha value is -2.49. The Balaban J connectivity index is 2.13. The number of Topliss-reactive ketones (excluding diaryl/α,β-unsaturated/α-hetero) is 1. The molecule has 0 radical (unpaired) electrons. The van der Waals surface area contributed by atoms with Gasteiger partial charge in [-0.3, -0.25) is 9.78 Å². The van der Waals surface area contributed by atoms with Gasteiger partial charge in [0.15, 0.2) is 0 Å². The molecule has 100 valence electrons. The fourth-order valence-corrected chi connectivity index (χ4v) is 2.39. The lowest BCUT2D eigenvalue weighted by Crippen LogP contribution is -1.97. The minimum absolute atomic E-state index is 0.167. The highest BCUT2D eigenvalue weighted by molar-refractivity contribution is 5.83. The number of benzene rings is 1. The van der Waals surface area contributed by atoms with Crippen LogP contribution in [0.5, 0.6) is 0 Å². The number of carbonyl (C=O) groups excluding carboxylic acids is 1. The summed E-state index contributed by atoms with van der Waals surface area (Å²) >= 11 is 0. The molecular weight excluding hydrogens is 250 g/mol. The van der Waals surface area contributed by atoms with Crippen LogP contribution in [-0.2, 0) is 18.3 Å². The zero-order valence-electron chi connectivity index (χ0n) is 11.5. The Morgan fingerprint density at radius 3 is 2.65 bits per heavy atom. The van der Waals surface area contributed by atoms with E-state index in [-0.39, 0.29) is 5.78 Å². The number of fused-ring (bicyclic) bond motifs is 1. The summed E-state index contributed by atoms with van der Waals surface area (Å²) in [5.41, 5.74) is 4.03. The maximum atomic E-state index is 11.2. The van der Waals surface area contributed by atoms with E-state index in [1.54, 1.807) is 19.3 Å². The maximum Gasteiger partial charge on any atom is 0.140 e. The lowest BCUT2D eigenvalue weighted by molar-refractivity contribution is -0.116. The van der Waals surface area contributed by atoms with Gasteiger partial charge in [0, 0.05) is 31.4 Å². The third-order valence-corrected chi connectivity index (χ3v) is 3.34. The number of imidazole rings is 1. The van der Waals surface area contributed by atoms with Crippen molar-refractivity contribution in [1.29, 1.82) is 0 Å². The summed E-state index contributed by atoms with van der Waals surface area (Å²) in [6.45, 7) is 1.61. The Kier molecular flexibility index (Phi) is 3.06. The molecule has 0 saturated carbocycles. The zero-order chi connectivity index (χ0) is 14.1. The van der Waals surface area contributed by atoms with E-state index in [2.05, 4.69) is 9.97 Å². The van der Waals surface area contributed by atoms with Gasteiger partial charge >= 0.3 is 0 Å². The summed E-state index contributed by atoms with van der Waals surface area (Å²) in [5.74, 6) is 1.07. The number of aromatic nitrogens is 3. The highest BCUT2D eigenvalue weighted by Gasteiger charge is 2.10. The molecule has 0 N–H and O–H groups in total. The zero-order valence-corrected chi connectivity index (χ0v) is 11.5. The molecule has 0 atom stereocenters. The van der Waals surface area contributed by atoms with E-state index in [9.17, 15) is 4.79 Å². The predicted octanol–water partition coefficient (Wildman–Crippen LogP) is 2.77. The molecule has 0 unspecified atom stereocenters. The van der Waals surface area contributed by atoms with E-state index in [0.29, 0.717) is 6.42 Å². The van der Waals surface area contributed by atoms with Gasteiger partial charge in [-0.25, -0.2) is 4.98 Å². The second-order valence-electron chi connectivity index (χ2n) is 4.93. The summed E-state index contributed by atoms with van der Waals surface area (Å²) in [6, 6.07) is 9.86. The van der Waals surface area contributed by atoms with Gasteiger partial charge in [0.25, 0.3) is 0 Å². The Morgan fingerprint density at radius 2 is 1.95 bits per heavy atom. The highest BCUT2D eigenvalue weighted by Crippen LogP contribution is 2.24. The second kappa shape index (κ2) is 4.89. The van der Waals surface area contributed by atoms with E-state index in [1.807, 2.05) is 41.9 Å². The molecule has 0 amide bonds. The van der Waals surface area contributed by atoms with Crippen molar-refractivity contribution in [2.24, 2.45) is 7.05 Å². The van der Waals surface area contributed by atoms with Crippen LogP contribution in [0.3, 0.4) is 0 Å². The van der Waals surface area contributed by atoms with Gasteiger partial charge in [0.2, 0.25) is 0 Å². The summed E-state index contributed by atoms with van der Waals surface area (Å²) < 4.78 is 2.05. The van der Waals surface area contributed by atoms with Gasteiger partial charge in [0.1, 0.15) is 11.6 Å². The number of aryl methyl sites for hydroxylation is 1. The van der Waals surface area contributed by atoms with Crippen molar-refractivity contribution in [3.05, 3.63) is 48.3 Å². The SMILES string of the molecule is CC(=O)Cc1ccc2nc(-c3ccncc3)n(C)c2c1. The number of nitrogens with zero attached hydrogens (tertiary/aromatic N) is 3. The van der Waals surface area contributed by atoms with Crippen molar-refractivity contribution in [3.8, 4) is 11.4 Å². The quantitative estimate of drug-likeness (QED) is 0.731. The molecular formula is C16H15N3O. The fraction of sp³-hybridized carbons (Fsp3) is 0.188. The molecule has 20 heavy (non-hydrogen) atoms. The second-order valence-corrected chi connectivity index (χ2v) is 4.93. The lowest BCUT2D eigenvalue weighted by atomic mass is 10.1. The van der Waals surface area contributed by atoms with Gasteiger partial charge in [-0.2, -0.15) is 0 Å². The van der Waals surface area contributed by atoms with E-state index in [4.69, 9.17) is 0 Å². The standard InChI is InChI=1S/C16H15N3O/c1-11(20)9-12-3-4-14-15(10-12)19(2)16(18-14)13-5-7-17-8-6-13/h3-8,10H,9H2,1-2H3. The van der Waals surface area contributed by atoms with E-state index < -0.39 is 0 Å². The van der Waals surface area contributed by atoms with Gasteiger partial charge in [-0.15, -0.1) is 0 Å². The summed E-state index contributed by atoms with van der Waals surface area (Å²) in [5, 5.41) is 0.